The van der Waals surface area contributed by atoms with Gasteiger partial charge in [-0.25, -0.2) is 0 Å². The summed E-state index contributed by atoms with van der Waals surface area (Å²) in [6.07, 6.45) is -1.61. The topological polar surface area (TPSA) is 33.2 Å². The average Bonchev–Trinajstić information content (AvgIpc) is 3.20. The Kier molecular flexibility index (Phi) is 3.90. The highest BCUT2D eigenvalue weighted by Gasteiger charge is 2.35. The van der Waals surface area contributed by atoms with Crippen molar-refractivity contribution in [1.82, 2.24) is 9.88 Å². The Balaban J connectivity index is 1.78. The van der Waals surface area contributed by atoms with E-state index in [0.717, 1.165) is 30.0 Å². The molecule has 116 valence electrons. The fraction of sp³-hybridized carbons (Fsp3) is 0.333. The molecule has 2 aromatic heterocycles. The summed E-state index contributed by atoms with van der Waals surface area (Å²) in [4.78, 5) is 18.7. The molecule has 1 aliphatic rings. The van der Waals surface area contributed by atoms with Crippen LogP contribution in [0.2, 0.25) is 0 Å². The maximum atomic E-state index is 12.5. The van der Waals surface area contributed by atoms with Gasteiger partial charge in [0, 0.05) is 17.1 Å². The van der Waals surface area contributed by atoms with Crippen molar-refractivity contribution < 1.29 is 18.0 Å². The van der Waals surface area contributed by atoms with E-state index in [4.69, 9.17) is 0 Å². The number of carbonyl (C=O) groups is 1. The van der Waals surface area contributed by atoms with Gasteiger partial charge in [-0.05, 0) is 36.4 Å². The van der Waals surface area contributed by atoms with E-state index >= 15 is 0 Å². The van der Waals surface area contributed by atoms with Crippen molar-refractivity contribution in [3.8, 4) is 0 Å². The first kappa shape index (κ1) is 15.0. The number of aromatic nitrogens is 1. The monoisotopic (exact) mass is 326 g/mol. The highest BCUT2D eigenvalue weighted by Crippen LogP contribution is 2.31. The van der Waals surface area contributed by atoms with Crippen molar-refractivity contribution in [3.63, 3.8) is 0 Å². The number of hydrogen-bond acceptors (Lipinski definition) is 3. The van der Waals surface area contributed by atoms with Gasteiger partial charge >= 0.3 is 6.18 Å². The highest BCUT2D eigenvalue weighted by atomic mass is 32.1. The smallest absolute Gasteiger partial charge is 0.330 e. The van der Waals surface area contributed by atoms with Crippen LogP contribution < -0.4 is 0 Å². The molecule has 1 aliphatic carbocycles. The summed E-state index contributed by atoms with van der Waals surface area (Å²) in [6, 6.07) is 6.08. The first-order valence-electron chi connectivity index (χ1n) is 6.82. The van der Waals surface area contributed by atoms with Gasteiger partial charge in [-0.15, -0.1) is 11.3 Å². The van der Waals surface area contributed by atoms with E-state index in [0.29, 0.717) is 6.54 Å². The second-order valence-corrected chi connectivity index (χ2v) is 6.21. The van der Waals surface area contributed by atoms with Gasteiger partial charge in [0.2, 0.25) is 0 Å². The van der Waals surface area contributed by atoms with Crippen LogP contribution in [0.1, 0.15) is 33.8 Å². The summed E-state index contributed by atoms with van der Waals surface area (Å²) < 4.78 is 37.5. The van der Waals surface area contributed by atoms with Crippen LogP contribution in [-0.4, -0.2) is 21.8 Å². The zero-order valence-electron chi connectivity index (χ0n) is 11.5. The molecule has 0 aliphatic heterocycles. The molecule has 0 bridgehead atoms. The SMILES string of the molecule is O=C(c1ccc(C(F)(F)F)nc1)N(Cc1cccs1)C1CC1. The predicted octanol–water partition coefficient (Wildman–Crippen LogP) is 3.97. The lowest BCUT2D eigenvalue weighted by Crippen LogP contribution is -2.32. The maximum absolute atomic E-state index is 12.5. The standard InChI is InChI=1S/C15H13F3N2OS/c16-15(17,18)13-6-3-10(8-19-13)14(21)20(11-4-5-11)9-12-2-1-7-22-12/h1-3,6-8,11H,4-5,9H2. The molecule has 2 heterocycles. The molecule has 2 aromatic rings. The fourth-order valence-corrected chi connectivity index (χ4v) is 2.88. The Labute approximate surface area is 129 Å². The van der Waals surface area contributed by atoms with Crippen LogP contribution in [0.5, 0.6) is 0 Å². The fourth-order valence-electron chi connectivity index (χ4n) is 2.18. The molecule has 0 radical (unpaired) electrons. The van der Waals surface area contributed by atoms with Crippen LogP contribution in [0.15, 0.2) is 35.8 Å². The Morgan fingerprint density at radius 2 is 2.09 bits per heavy atom. The third-order valence-corrected chi connectivity index (χ3v) is 4.32. The van der Waals surface area contributed by atoms with E-state index in [1.807, 2.05) is 17.5 Å². The molecule has 3 rings (SSSR count). The second-order valence-electron chi connectivity index (χ2n) is 5.17. The van der Waals surface area contributed by atoms with Crippen LogP contribution in [0.4, 0.5) is 13.2 Å². The number of thiophene rings is 1. The summed E-state index contributed by atoms with van der Waals surface area (Å²) in [5, 5.41) is 1.94. The zero-order chi connectivity index (χ0) is 15.7. The largest absolute Gasteiger partial charge is 0.433 e. The first-order valence-corrected chi connectivity index (χ1v) is 7.70. The highest BCUT2D eigenvalue weighted by molar-refractivity contribution is 7.09. The molecule has 3 nitrogen and oxygen atoms in total. The number of halogens is 3. The molecule has 0 atom stereocenters. The molecule has 1 amide bonds. The van der Waals surface area contributed by atoms with Crippen molar-refractivity contribution in [2.75, 3.05) is 0 Å². The minimum atomic E-state index is -4.49. The zero-order valence-corrected chi connectivity index (χ0v) is 12.3. The van der Waals surface area contributed by atoms with E-state index in [9.17, 15) is 18.0 Å². The molecule has 0 aromatic carbocycles. The lowest BCUT2D eigenvalue weighted by molar-refractivity contribution is -0.141. The molecule has 0 spiro atoms. The Morgan fingerprint density at radius 3 is 2.59 bits per heavy atom. The van der Waals surface area contributed by atoms with E-state index in [1.165, 1.54) is 6.07 Å². The number of nitrogens with zero attached hydrogens (tertiary/aromatic N) is 2. The third-order valence-electron chi connectivity index (χ3n) is 3.46. The van der Waals surface area contributed by atoms with E-state index in [-0.39, 0.29) is 17.5 Å². The van der Waals surface area contributed by atoms with Gasteiger partial charge in [0.05, 0.1) is 12.1 Å². The van der Waals surface area contributed by atoms with E-state index in [2.05, 4.69) is 4.98 Å². The Hall–Kier alpha value is -1.89. The average molecular weight is 326 g/mol. The third kappa shape index (κ3) is 3.30. The Morgan fingerprint density at radius 1 is 1.32 bits per heavy atom. The van der Waals surface area contributed by atoms with Gasteiger partial charge in [-0.1, -0.05) is 6.07 Å². The minimum absolute atomic E-state index is 0.178. The van der Waals surface area contributed by atoms with Gasteiger partial charge in [0.1, 0.15) is 5.69 Å². The van der Waals surface area contributed by atoms with Gasteiger partial charge in [-0.3, -0.25) is 9.78 Å². The van der Waals surface area contributed by atoms with Gasteiger partial charge in [-0.2, -0.15) is 13.2 Å². The Bertz CT molecular complexity index is 648. The summed E-state index contributed by atoms with van der Waals surface area (Å²) in [7, 11) is 0. The molecule has 1 fully saturated rings. The van der Waals surface area contributed by atoms with E-state index < -0.39 is 11.9 Å². The summed E-state index contributed by atoms with van der Waals surface area (Å²) in [5.41, 5.74) is -0.795. The normalized spacial score (nSPS) is 14.9. The van der Waals surface area contributed by atoms with Gasteiger partial charge < -0.3 is 4.90 Å². The number of hydrogen-bond donors (Lipinski definition) is 0. The van der Waals surface area contributed by atoms with Crippen molar-refractivity contribution in [2.24, 2.45) is 0 Å². The van der Waals surface area contributed by atoms with Crippen LogP contribution in [-0.2, 0) is 12.7 Å². The lowest BCUT2D eigenvalue weighted by Gasteiger charge is -2.21. The number of rotatable bonds is 4. The van der Waals surface area contributed by atoms with Crippen LogP contribution >= 0.6 is 11.3 Å². The number of carbonyl (C=O) groups excluding carboxylic acids is 1. The van der Waals surface area contributed by atoms with Crippen molar-refractivity contribution in [2.45, 2.75) is 31.6 Å². The van der Waals surface area contributed by atoms with Crippen LogP contribution in [0.25, 0.3) is 0 Å². The van der Waals surface area contributed by atoms with Crippen LogP contribution in [0, 0.1) is 0 Å². The molecule has 22 heavy (non-hydrogen) atoms. The molecular formula is C15H13F3N2OS. The van der Waals surface area contributed by atoms with Crippen LogP contribution in [0.3, 0.4) is 0 Å². The molecular weight excluding hydrogens is 313 g/mol. The predicted molar refractivity (Wildman–Crippen MR) is 76.5 cm³/mol. The number of alkyl halides is 3. The summed E-state index contributed by atoms with van der Waals surface area (Å²) in [6.45, 7) is 0.488. The van der Waals surface area contributed by atoms with E-state index in [1.54, 1.807) is 16.2 Å². The quantitative estimate of drug-likeness (QED) is 0.852. The van der Waals surface area contributed by atoms with Gasteiger partial charge in [0.25, 0.3) is 5.91 Å². The van der Waals surface area contributed by atoms with Crippen molar-refractivity contribution in [1.29, 1.82) is 0 Å². The molecule has 1 saturated carbocycles. The minimum Gasteiger partial charge on any atom is -0.330 e. The summed E-state index contributed by atoms with van der Waals surface area (Å²) in [5.74, 6) is -0.267. The summed E-state index contributed by atoms with van der Waals surface area (Å²) >= 11 is 1.56. The molecule has 0 N–H and O–H groups in total. The molecule has 0 unspecified atom stereocenters. The first-order chi connectivity index (χ1) is 10.4. The van der Waals surface area contributed by atoms with Crippen molar-refractivity contribution >= 4 is 17.2 Å². The second kappa shape index (κ2) is 5.72. The maximum Gasteiger partial charge on any atom is 0.433 e. The molecule has 0 saturated heterocycles. The molecule has 7 heteroatoms. The van der Waals surface area contributed by atoms with Gasteiger partial charge in [0.15, 0.2) is 0 Å². The van der Waals surface area contributed by atoms with Crippen molar-refractivity contribution in [3.05, 3.63) is 52.0 Å². The number of pyridine rings is 1. The lowest BCUT2D eigenvalue weighted by atomic mass is 10.2. The number of amides is 1.